The molecule has 39 heavy (non-hydrogen) atoms. The zero-order chi connectivity index (χ0) is 29.4. The molecule has 0 amide bonds. The van der Waals surface area contributed by atoms with Crippen LogP contribution < -0.4 is 0 Å². The molecule has 0 heterocycles. The maximum Gasteiger partial charge on any atom is 0.426 e. The summed E-state index contributed by atoms with van der Waals surface area (Å²) in [6.45, 7) is 9.64. The maximum absolute atomic E-state index is 12.7. The zero-order valence-corrected chi connectivity index (χ0v) is 24.0. The lowest BCUT2D eigenvalue weighted by molar-refractivity contribution is -0.147. The first-order valence-corrected chi connectivity index (χ1v) is 13.7. The van der Waals surface area contributed by atoms with Crippen molar-refractivity contribution in [1.29, 1.82) is 0 Å². The third kappa shape index (κ3) is 8.82. The number of carbonyl (C=O) groups is 1. The quantitative estimate of drug-likeness (QED) is 0.287. The Hall–Kier alpha value is -2.35. The predicted molar refractivity (Wildman–Crippen MR) is 149 cm³/mol. The lowest BCUT2D eigenvalue weighted by Gasteiger charge is -2.17. The first-order valence-electron chi connectivity index (χ1n) is 13.3. The highest BCUT2D eigenvalue weighted by molar-refractivity contribution is 6.30. The van der Waals surface area contributed by atoms with Crippen LogP contribution in [0.5, 0.6) is 0 Å². The molecule has 1 aliphatic carbocycles. The molecule has 0 radical (unpaired) electrons. The van der Waals surface area contributed by atoms with Gasteiger partial charge in [0.25, 0.3) is 0 Å². The molecule has 1 saturated carbocycles. The molecule has 1 aliphatic rings. The average Bonchev–Trinajstić information content (AvgIpc) is 3.43. The van der Waals surface area contributed by atoms with E-state index in [0.29, 0.717) is 0 Å². The largest absolute Gasteiger partial charge is 0.461 e. The Morgan fingerprint density at radius 2 is 1.77 bits per heavy atom. The molecule has 0 saturated heterocycles. The van der Waals surface area contributed by atoms with Crippen LogP contribution >= 0.6 is 11.6 Å². The smallest absolute Gasteiger partial charge is 0.426 e. The fourth-order valence-corrected chi connectivity index (χ4v) is 4.89. The Morgan fingerprint density at radius 1 is 1.13 bits per heavy atom. The van der Waals surface area contributed by atoms with Crippen molar-refractivity contribution >= 4 is 17.6 Å². The molecule has 4 unspecified atom stereocenters. The summed E-state index contributed by atoms with van der Waals surface area (Å²) in [5.41, 5.74) is 3.34. The molecule has 8 heteroatoms. The number of benzene rings is 2. The number of aliphatic hydroxyl groups is 2. The Labute approximate surface area is 234 Å². The van der Waals surface area contributed by atoms with Crippen molar-refractivity contribution in [3.05, 3.63) is 70.8 Å². The number of hydrogen-bond acceptors (Lipinski definition) is 4. The zero-order valence-electron chi connectivity index (χ0n) is 23.3. The highest BCUT2D eigenvalue weighted by Gasteiger charge is 2.62. The molecule has 4 nitrogen and oxygen atoms in total. The fraction of sp³-hybridized carbons (Fsp3) is 0.516. The van der Waals surface area contributed by atoms with Crippen LogP contribution in [0, 0.1) is 30.1 Å². The molecule has 0 aromatic heterocycles. The topological polar surface area (TPSA) is 66.8 Å². The van der Waals surface area contributed by atoms with Gasteiger partial charge in [0.2, 0.25) is 0 Å². The predicted octanol–water partition coefficient (Wildman–Crippen LogP) is 7.83. The van der Waals surface area contributed by atoms with E-state index in [0.717, 1.165) is 47.6 Å². The Kier molecular flexibility index (Phi) is 12.1. The number of ether oxygens (including phenoxy) is 1. The molecule has 2 aromatic carbocycles. The van der Waals surface area contributed by atoms with Gasteiger partial charge in [-0.15, -0.1) is 0 Å². The molecule has 2 aromatic rings. The molecule has 0 spiro atoms. The van der Waals surface area contributed by atoms with E-state index in [-0.39, 0.29) is 25.2 Å². The van der Waals surface area contributed by atoms with Crippen molar-refractivity contribution < 1.29 is 32.9 Å². The molecule has 3 rings (SSSR count). The van der Waals surface area contributed by atoms with Crippen LogP contribution in [0.4, 0.5) is 13.2 Å². The van der Waals surface area contributed by atoms with Gasteiger partial charge in [-0.2, -0.15) is 13.2 Å². The van der Waals surface area contributed by atoms with Crippen molar-refractivity contribution in [2.75, 3.05) is 6.61 Å². The van der Waals surface area contributed by atoms with Gasteiger partial charge in [-0.3, -0.25) is 4.79 Å². The number of rotatable bonds is 10. The first kappa shape index (κ1) is 32.9. The Morgan fingerprint density at radius 3 is 2.31 bits per heavy atom. The lowest BCUT2D eigenvalue weighted by atomic mass is 9.97. The van der Waals surface area contributed by atoms with Crippen molar-refractivity contribution in [1.82, 2.24) is 0 Å². The Balaban J connectivity index is 0.000000455. The van der Waals surface area contributed by atoms with E-state index in [1.807, 2.05) is 69.3 Å². The van der Waals surface area contributed by atoms with Crippen molar-refractivity contribution in [3.63, 3.8) is 0 Å². The molecule has 0 aliphatic heterocycles. The minimum atomic E-state index is -4.61. The standard InChI is InChI=1S/C23H22ClF3O2.C8H18O2/c1-14-16(10-7-11-17(14)15-8-5-4-6-9-15)13-29-21(28)20-18(22(20,2)3)12-19(24)23(25,26)27;1-3-5-8(10)7(4-2)6-9/h4-12,18,20H,13H2,1-3H3;7-10H,3-6H2,1-2H3/b19-12-;. The molecule has 2 N–H and O–H groups in total. The Bertz CT molecular complexity index is 1090. The molecule has 1 fully saturated rings. The van der Waals surface area contributed by atoms with Gasteiger partial charge in [0.1, 0.15) is 11.6 Å². The second-order valence-corrected chi connectivity index (χ2v) is 11.0. The monoisotopic (exact) mass is 568 g/mol. The normalized spacial score (nSPS) is 19.9. The number of carbonyl (C=O) groups excluding carboxylic acids is 1. The van der Waals surface area contributed by atoms with Gasteiger partial charge >= 0.3 is 12.1 Å². The molecule has 216 valence electrons. The summed E-state index contributed by atoms with van der Waals surface area (Å²) in [5.74, 6) is -1.66. The lowest BCUT2D eigenvalue weighted by Crippen LogP contribution is -2.22. The third-order valence-corrected chi connectivity index (χ3v) is 7.89. The number of allylic oxidation sites excluding steroid dienone is 2. The molecule has 4 atom stereocenters. The van der Waals surface area contributed by atoms with Crippen LogP contribution in [0.1, 0.15) is 58.1 Å². The van der Waals surface area contributed by atoms with Gasteiger partial charge in [-0.1, -0.05) is 100 Å². The molecule has 0 bridgehead atoms. The SMILES string of the molecule is CCCC(O)C(CC)CO.Cc1c(COC(=O)C2C(/C=C(\Cl)C(F)(F)F)C2(C)C)cccc1-c1ccccc1. The number of halogens is 4. The van der Waals surface area contributed by atoms with Gasteiger partial charge in [0.15, 0.2) is 0 Å². The summed E-state index contributed by atoms with van der Waals surface area (Å²) < 4.78 is 43.5. The van der Waals surface area contributed by atoms with Crippen LogP contribution in [-0.2, 0) is 16.1 Å². The van der Waals surface area contributed by atoms with E-state index in [1.54, 1.807) is 13.8 Å². The number of hydrogen-bond donors (Lipinski definition) is 2. The minimum absolute atomic E-state index is 0.0708. The van der Waals surface area contributed by atoms with Gasteiger partial charge < -0.3 is 14.9 Å². The van der Waals surface area contributed by atoms with Crippen LogP contribution in [-0.4, -0.2) is 35.1 Å². The number of aliphatic hydroxyl groups excluding tert-OH is 2. The van der Waals surface area contributed by atoms with E-state index in [2.05, 4.69) is 0 Å². The summed E-state index contributed by atoms with van der Waals surface area (Å²) >= 11 is 5.34. The second-order valence-electron chi connectivity index (χ2n) is 10.6. The van der Waals surface area contributed by atoms with Gasteiger partial charge in [-0.25, -0.2) is 0 Å². The first-order chi connectivity index (χ1) is 18.3. The van der Waals surface area contributed by atoms with Crippen molar-refractivity contribution in [3.8, 4) is 11.1 Å². The summed E-state index contributed by atoms with van der Waals surface area (Å²) in [4.78, 5) is 12.5. The highest BCUT2D eigenvalue weighted by atomic mass is 35.5. The van der Waals surface area contributed by atoms with Gasteiger partial charge in [-0.05, 0) is 53.4 Å². The van der Waals surface area contributed by atoms with Crippen LogP contribution in [0.2, 0.25) is 0 Å². The van der Waals surface area contributed by atoms with Crippen molar-refractivity contribution in [2.45, 2.75) is 72.8 Å². The average molecular weight is 569 g/mol. The van der Waals surface area contributed by atoms with Crippen LogP contribution in [0.25, 0.3) is 11.1 Å². The molecular weight excluding hydrogens is 529 g/mol. The highest BCUT2D eigenvalue weighted by Crippen LogP contribution is 2.60. The van der Waals surface area contributed by atoms with Gasteiger partial charge in [0, 0.05) is 12.5 Å². The van der Waals surface area contributed by atoms with E-state index in [9.17, 15) is 23.1 Å². The summed E-state index contributed by atoms with van der Waals surface area (Å²) in [6.07, 6.45) is -1.34. The van der Waals surface area contributed by atoms with Crippen LogP contribution in [0.3, 0.4) is 0 Å². The van der Waals surface area contributed by atoms with E-state index < -0.39 is 34.4 Å². The van der Waals surface area contributed by atoms with Gasteiger partial charge in [0.05, 0.1) is 12.0 Å². The minimum Gasteiger partial charge on any atom is -0.461 e. The van der Waals surface area contributed by atoms with E-state index in [1.165, 1.54) is 0 Å². The number of alkyl halides is 3. The third-order valence-electron chi connectivity index (χ3n) is 7.55. The summed E-state index contributed by atoms with van der Waals surface area (Å²) in [6, 6.07) is 15.6. The summed E-state index contributed by atoms with van der Waals surface area (Å²) in [5, 5.41) is 16.9. The van der Waals surface area contributed by atoms with Crippen LogP contribution in [0.15, 0.2) is 59.6 Å². The molecular formula is C31H40ClF3O4. The fourth-order valence-electron chi connectivity index (χ4n) is 4.75. The summed E-state index contributed by atoms with van der Waals surface area (Å²) in [7, 11) is 0. The number of esters is 1. The second kappa shape index (κ2) is 14.3. The van der Waals surface area contributed by atoms with E-state index in [4.69, 9.17) is 21.4 Å². The van der Waals surface area contributed by atoms with Crippen molar-refractivity contribution in [2.24, 2.45) is 23.2 Å². The van der Waals surface area contributed by atoms with E-state index >= 15 is 0 Å². The maximum atomic E-state index is 12.7.